The van der Waals surface area contributed by atoms with Crippen molar-refractivity contribution >= 4 is 43.8 Å². The van der Waals surface area contributed by atoms with E-state index in [4.69, 9.17) is 0 Å². The largest absolute Gasteiger partial charge is 0.298 e. The number of aldehydes is 1. The molecule has 1 aromatic carbocycles. The van der Waals surface area contributed by atoms with Crippen molar-refractivity contribution in [1.82, 2.24) is 4.57 Å². The van der Waals surface area contributed by atoms with E-state index in [1.807, 2.05) is 11.4 Å². The van der Waals surface area contributed by atoms with Gasteiger partial charge < -0.3 is 0 Å². The number of aromatic nitrogens is 1. The molecule has 0 aliphatic heterocycles. The molecule has 2 aromatic heterocycles. The van der Waals surface area contributed by atoms with Crippen LogP contribution >= 0.6 is 27.3 Å². The van der Waals surface area contributed by atoms with Gasteiger partial charge in [0.2, 0.25) is 0 Å². The Hall–Kier alpha value is -1.72. The summed E-state index contributed by atoms with van der Waals surface area (Å²) in [5, 5.41) is 2.96. The molecule has 0 fully saturated rings. The smallest absolute Gasteiger partial charge is 0.256 e. The summed E-state index contributed by atoms with van der Waals surface area (Å²) >= 11 is 4.98. The van der Waals surface area contributed by atoms with E-state index in [9.17, 15) is 9.59 Å². The van der Waals surface area contributed by atoms with E-state index >= 15 is 0 Å². The summed E-state index contributed by atoms with van der Waals surface area (Å²) in [6, 6.07) is 10.3. The summed E-state index contributed by atoms with van der Waals surface area (Å²) in [4.78, 5) is 23.6. The van der Waals surface area contributed by atoms with Gasteiger partial charge in [-0.25, -0.2) is 0 Å². The maximum absolute atomic E-state index is 12.1. The summed E-state index contributed by atoms with van der Waals surface area (Å²) in [6.07, 6.45) is 0.787. The highest BCUT2D eigenvalue weighted by Gasteiger charge is 2.09. The Morgan fingerprint density at radius 1 is 1.11 bits per heavy atom. The molecule has 0 saturated heterocycles. The fourth-order valence-corrected chi connectivity index (χ4v) is 3.62. The Bertz CT molecular complexity index is 818. The van der Waals surface area contributed by atoms with Gasteiger partial charge in [-0.15, -0.1) is 11.3 Å². The van der Waals surface area contributed by atoms with Gasteiger partial charge in [-0.2, -0.15) is 0 Å². The van der Waals surface area contributed by atoms with Gasteiger partial charge in [-0.1, -0.05) is 0 Å². The lowest BCUT2D eigenvalue weighted by Crippen LogP contribution is -2.16. The lowest BCUT2D eigenvalue weighted by atomic mass is 10.2. The molecule has 0 spiro atoms. The van der Waals surface area contributed by atoms with Crippen LogP contribution < -0.4 is 5.56 Å². The summed E-state index contributed by atoms with van der Waals surface area (Å²) in [7, 11) is 0. The zero-order valence-electron chi connectivity index (χ0n) is 9.67. The van der Waals surface area contributed by atoms with Crippen LogP contribution in [0.15, 0.2) is 51.0 Å². The molecule has 5 heteroatoms. The summed E-state index contributed by atoms with van der Waals surface area (Å²) in [6.45, 7) is 0. The monoisotopic (exact) mass is 333 g/mol. The third-order valence-corrected chi connectivity index (χ3v) is 4.80. The van der Waals surface area contributed by atoms with Crippen LogP contribution in [-0.4, -0.2) is 10.9 Å². The van der Waals surface area contributed by atoms with E-state index in [0.29, 0.717) is 5.56 Å². The maximum Gasteiger partial charge on any atom is 0.256 e. The Morgan fingerprint density at radius 2 is 1.84 bits per heavy atom. The number of thiophene rings is 1. The predicted octanol–water partition coefficient (Wildman–Crippen LogP) is 3.63. The molecule has 0 amide bonds. The van der Waals surface area contributed by atoms with E-state index in [1.54, 1.807) is 34.9 Å². The zero-order valence-corrected chi connectivity index (χ0v) is 12.1. The molecule has 0 radical (unpaired) electrons. The maximum atomic E-state index is 12.1. The van der Waals surface area contributed by atoms with Crippen molar-refractivity contribution in [3.63, 3.8) is 0 Å². The molecule has 0 unspecified atom stereocenters. The van der Waals surface area contributed by atoms with Gasteiger partial charge in [0.25, 0.3) is 5.56 Å². The second-order valence-corrected chi connectivity index (χ2v) is 5.73. The van der Waals surface area contributed by atoms with Gasteiger partial charge in [-0.3, -0.25) is 14.2 Å². The SMILES string of the molecule is O=Cc1ccc(-n2c(=O)ccc3c(Br)csc32)cc1. The van der Waals surface area contributed by atoms with Crippen molar-refractivity contribution in [2.75, 3.05) is 0 Å². The number of benzene rings is 1. The van der Waals surface area contributed by atoms with E-state index in [0.717, 1.165) is 26.7 Å². The fraction of sp³-hybridized carbons (Fsp3) is 0. The van der Waals surface area contributed by atoms with Crippen LogP contribution in [0.2, 0.25) is 0 Å². The number of hydrogen-bond donors (Lipinski definition) is 0. The number of pyridine rings is 1. The van der Waals surface area contributed by atoms with Crippen molar-refractivity contribution in [1.29, 1.82) is 0 Å². The standard InChI is InChI=1S/C14H8BrNO2S/c15-12-8-19-14-11(12)5-6-13(18)16(14)10-3-1-9(7-17)2-4-10/h1-8H. The lowest BCUT2D eigenvalue weighted by Gasteiger charge is -2.07. The summed E-state index contributed by atoms with van der Waals surface area (Å²) in [5.41, 5.74) is 1.27. The van der Waals surface area contributed by atoms with Crippen LogP contribution in [-0.2, 0) is 0 Å². The molecule has 0 aliphatic carbocycles. The first-order chi connectivity index (χ1) is 9.20. The first-order valence-electron chi connectivity index (χ1n) is 5.55. The van der Waals surface area contributed by atoms with Crippen LogP contribution in [0.1, 0.15) is 10.4 Å². The van der Waals surface area contributed by atoms with E-state index < -0.39 is 0 Å². The topological polar surface area (TPSA) is 39.1 Å². The number of carbonyl (C=O) groups is 1. The number of carbonyl (C=O) groups excluding carboxylic acids is 1. The number of fused-ring (bicyclic) bond motifs is 1. The van der Waals surface area contributed by atoms with Crippen molar-refractivity contribution in [2.24, 2.45) is 0 Å². The second-order valence-electron chi connectivity index (χ2n) is 4.02. The van der Waals surface area contributed by atoms with Gasteiger partial charge in [0, 0.05) is 26.9 Å². The molecule has 0 bridgehead atoms. The van der Waals surface area contributed by atoms with Crippen LogP contribution in [0.5, 0.6) is 0 Å². The van der Waals surface area contributed by atoms with Gasteiger partial charge in [0.05, 0.1) is 5.69 Å². The van der Waals surface area contributed by atoms with E-state index in [1.165, 1.54) is 11.3 Å². The Labute approximate surface area is 121 Å². The van der Waals surface area contributed by atoms with Gasteiger partial charge in [0.15, 0.2) is 0 Å². The lowest BCUT2D eigenvalue weighted by molar-refractivity contribution is 0.112. The second kappa shape index (κ2) is 4.75. The molecule has 2 heterocycles. The molecule has 94 valence electrons. The van der Waals surface area contributed by atoms with Gasteiger partial charge in [-0.05, 0) is 46.3 Å². The Kier molecular flexibility index (Phi) is 3.08. The van der Waals surface area contributed by atoms with E-state index in [2.05, 4.69) is 15.9 Å². The van der Waals surface area contributed by atoms with Crippen molar-refractivity contribution in [2.45, 2.75) is 0 Å². The summed E-state index contributed by atoms with van der Waals surface area (Å²) in [5.74, 6) is 0. The quantitative estimate of drug-likeness (QED) is 0.672. The molecule has 0 saturated carbocycles. The van der Waals surface area contributed by atoms with Crippen LogP contribution in [0.25, 0.3) is 15.9 Å². The Morgan fingerprint density at radius 3 is 2.53 bits per heavy atom. The predicted molar refractivity (Wildman–Crippen MR) is 80.5 cm³/mol. The number of hydrogen-bond acceptors (Lipinski definition) is 3. The summed E-state index contributed by atoms with van der Waals surface area (Å²) < 4.78 is 2.63. The first kappa shape index (κ1) is 12.3. The highest BCUT2D eigenvalue weighted by Crippen LogP contribution is 2.30. The average molecular weight is 334 g/mol. The third kappa shape index (κ3) is 2.05. The van der Waals surface area contributed by atoms with Gasteiger partial charge in [0.1, 0.15) is 11.1 Å². The number of nitrogens with zero attached hydrogens (tertiary/aromatic N) is 1. The van der Waals surface area contributed by atoms with Crippen molar-refractivity contribution < 1.29 is 4.79 Å². The normalized spacial score (nSPS) is 10.8. The number of halogens is 1. The highest BCUT2D eigenvalue weighted by atomic mass is 79.9. The van der Waals surface area contributed by atoms with Gasteiger partial charge >= 0.3 is 0 Å². The minimum absolute atomic E-state index is 0.0827. The highest BCUT2D eigenvalue weighted by molar-refractivity contribution is 9.10. The van der Waals surface area contributed by atoms with Crippen LogP contribution in [0.3, 0.4) is 0 Å². The molecular formula is C14H8BrNO2S. The van der Waals surface area contributed by atoms with Crippen LogP contribution in [0, 0.1) is 0 Å². The fourth-order valence-electron chi connectivity index (χ4n) is 1.94. The molecule has 3 nitrogen and oxygen atoms in total. The molecule has 19 heavy (non-hydrogen) atoms. The molecule has 0 atom stereocenters. The molecular weight excluding hydrogens is 326 g/mol. The number of rotatable bonds is 2. The first-order valence-corrected chi connectivity index (χ1v) is 7.22. The molecule has 3 aromatic rings. The van der Waals surface area contributed by atoms with Crippen molar-refractivity contribution in [3.8, 4) is 5.69 Å². The average Bonchev–Trinajstić information content (AvgIpc) is 2.80. The van der Waals surface area contributed by atoms with Crippen molar-refractivity contribution in [3.05, 3.63) is 62.2 Å². The Balaban J connectivity index is 2.31. The third-order valence-electron chi connectivity index (χ3n) is 2.87. The van der Waals surface area contributed by atoms with E-state index in [-0.39, 0.29) is 5.56 Å². The molecule has 0 aliphatic rings. The minimum Gasteiger partial charge on any atom is -0.298 e. The molecule has 0 N–H and O–H groups in total. The zero-order chi connectivity index (χ0) is 13.4. The minimum atomic E-state index is -0.0827. The van der Waals surface area contributed by atoms with Crippen LogP contribution in [0.4, 0.5) is 0 Å². The molecule has 3 rings (SSSR count).